The quantitative estimate of drug-likeness (QED) is 0.628. The number of Topliss-reactive ketones (excluding diaryl/α,β-unsaturated/α-hetero) is 2. The van der Waals surface area contributed by atoms with Gasteiger partial charge in [-0.15, -0.1) is 0 Å². The number of nitrogen functional groups attached to an aromatic ring is 1. The molecule has 2 aromatic rings. The number of anilines is 1. The van der Waals surface area contributed by atoms with Crippen molar-refractivity contribution in [1.29, 1.82) is 0 Å². The zero-order valence-corrected chi connectivity index (χ0v) is 10.7. The molecular formula is C15H15N3O3. The van der Waals surface area contributed by atoms with E-state index in [9.17, 15) is 14.4 Å². The van der Waals surface area contributed by atoms with Crippen LogP contribution in [0.1, 0.15) is 40.6 Å². The second-order valence-corrected chi connectivity index (χ2v) is 4.51. The highest BCUT2D eigenvalue weighted by atomic mass is 16.2. The highest BCUT2D eigenvalue weighted by molar-refractivity contribution is 6.03. The van der Waals surface area contributed by atoms with Gasteiger partial charge in [0, 0.05) is 20.3 Å². The molecule has 0 amide bonds. The molecule has 21 heavy (non-hydrogen) atoms. The molecule has 1 heterocycles. The Morgan fingerprint density at radius 1 is 1.48 bits per heavy atom. The molecule has 1 aliphatic carbocycles. The van der Waals surface area contributed by atoms with Crippen LogP contribution in [0.3, 0.4) is 0 Å². The fourth-order valence-electron chi connectivity index (χ4n) is 2.19. The van der Waals surface area contributed by atoms with E-state index in [1.54, 1.807) is 0 Å². The number of hydrogen-bond acceptors (Lipinski definition) is 5. The molecule has 1 aliphatic rings. The van der Waals surface area contributed by atoms with Gasteiger partial charge in [-0.2, -0.15) is 0 Å². The molecule has 3 rings (SSSR count). The van der Waals surface area contributed by atoms with Crippen molar-refractivity contribution in [1.82, 2.24) is 9.55 Å². The van der Waals surface area contributed by atoms with Crippen LogP contribution >= 0.6 is 0 Å². The van der Waals surface area contributed by atoms with Gasteiger partial charge in [-0.25, -0.2) is 4.98 Å². The van der Waals surface area contributed by atoms with E-state index in [4.69, 9.17) is 15.3 Å². The molecule has 1 aromatic carbocycles. The van der Waals surface area contributed by atoms with Gasteiger partial charge in [-0.05, 0) is 25.4 Å². The fourth-order valence-corrected chi connectivity index (χ4v) is 2.19. The van der Waals surface area contributed by atoms with Crippen LogP contribution in [0, 0.1) is 6.85 Å². The summed E-state index contributed by atoms with van der Waals surface area (Å²) in [6.45, 7) is -3.07. The fraction of sp³-hybridized carbons (Fsp3) is 0.333. The molecule has 1 aromatic heterocycles. The number of hydrogen-bond donors (Lipinski definition) is 1. The van der Waals surface area contributed by atoms with E-state index in [-0.39, 0.29) is 21.2 Å². The molecule has 0 bridgehead atoms. The van der Waals surface area contributed by atoms with Crippen molar-refractivity contribution in [3.63, 3.8) is 0 Å². The first kappa shape index (κ1) is 7.49. The van der Waals surface area contributed by atoms with E-state index in [0.717, 1.165) is 0 Å². The summed E-state index contributed by atoms with van der Waals surface area (Å²) in [4.78, 5) is 41.5. The van der Waals surface area contributed by atoms with Gasteiger partial charge in [0.05, 0.1) is 24.7 Å². The first-order valence-electron chi connectivity index (χ1n) is 9.62. The van der Waals surface area contributed by atoms with Crippen LogP contribution in [0.15, 0.2) is 23.0 Å². The molecule has 108 valence electrons. The molecule has 0 saturated heterocycles. The highest BCUT2D eigenvalue weighted by Crippen LogP contribution is 2.24. The third-order valence-corrected chi connectivity index (χ3v) is 3.15. The summed E-state index contributed by atoms with van der Waals surface area (Å²) < 4.78 is 55.4. The summed E-state index contributed by atoms with van der Waals surface area (Å²) in [5.41, 5.74) is 4.45. The number of nitrogens with zero attached hydrogens (tertiary/aromatic N) is 2. The monoisotopic (exact) mass is 292 g/mol. The minimum atomic E-state index is -3.07. The second-order valence-electron chi connectivity index (χ2n) is 4.51. The lowest BCUT2D eigenvalue weighted by molar-refractivity contribution is -0.132. The van der Waals surface area contributed by atoms with Crippen LogP contribution in [0.5, 0.6) is 0 Å². The SMILES string of the molecule is [2H]C1C([2H])([2H])C(=O)CC(=O)C1([2H])n1c(C([2H])([2H])[2H])nc2cccc(N)c2c1=O. The van der Waals surface area contributed by atoms with Crippen LogP contribution in [0.4, 0.5) is 5.69 Å². The van der Waals surface area contributed by atoms with Gasteiger partial charge in [0.2, 0.25) is 0 Å². The lowest BCUT2D eigenvalue weighted by Gasteiger charge is -2.24. The minimum Gasteiger partial charge on any atom is -0.398 e. The summed E-state index contributed by atoms with van der Waals surface area (Å²) in [6.07, 6.45) is -6.39. The van der Waals surface area contributed by atoms with E-state index >= 15 is 0 Å². The Morgan fingerprint density at radius 3 is 3.05 bits per heavy atom. The van der Waals surface area contributed by atoms with Gasteiger partial charge in [0.1, 0.15) is 11.6 Å². The normalized spacial score (nSPS) is 34.1. The van der Waals surface area contributed by atoms with E-state index in [0.29, 0.717) is 0 Å². The minimum absolute atomic E-state index is 0.0835. The van der Waals surface area contributed by atoms with Gasteiger partial charge >= 0.3 is 0 Å². The summed E-state index contributed by atoms with van der Waals surface area (Å²) in [6, 6.07) is 1.09. The smallest absolute Gasteiger partial charge is 0.264 e. The topological polar surface area (TPSA) is 95.1 Å². The van der Waals surface area contributed by atoms with Crippen LogP contribution < -0.4 is 11.3 Å². The van der Waals surface area contributed by atoms with Crippen molar-refractivity contribution < 1.29 is 19.2 Å². The molecule has 0 spiro atoms. The predicted molar refractivity (Wildman–Crippen MR) is 78.1 cm³/mol. The van der Waals surface area contributed by atoms with Crippen LogP contribution in [-0.2, 0) is 9.59 Å². The van der Waals surface area contributed by atoms with Crippen LogP contribution in [0.2, 0.25) is 0 Å². The van der Waals surface area contributed by atoms with Gasteiger partial charge in [-0.1, -0.05) is 6.07 Å². The molecule has 2 N–H and O–H groups in total. The van der Waals surface area contributed by atoms with Crippen molar-refractivity contribution in [2.24, 2.45) is 0 Å². The molecule has 6 heteroatoms. The first-order valence-corrected chi connectivity index (χ1v) is 6.05. The maximum Gasteiger partial charge on any atom is 0.264 e. The van der Waals surface area contributed by atoms with E-state index in [1.807, 2.05) is 0 Å². The van der Waals surface area contributed by atoms with E-state index in [2.05, 4.69) is 4.98 Å². The third-order valence-electron chi connectivity index (χ3n) is 3.15. The Bertz CT molecular complexity index is 1080. The number of benzene rings is 1. The largest absolute Gasteiger partial charge is 0.398 e. The van der Waals surface area contributed by atoms with Gasteiger partial charge in [0.25, 0.3) is 5.56 Å². The zero-order chi connectivity index (χ0) is 21.2. The van der Waals surface area contributed by atoms with Crippen molar-refractivity contribution in [3.8, 4) is 0 Å². The maximum atomic E-state index is 13.1. The van der Waals surface area contributed by atoms with Crippen molar-refractivity contribution in [3.05, 3.63) is 34.4 Å². The number of nitrogens with two attached hydrogens (primary N) is 1. The van der Waals surface area contributed by atoms with E-state index < -0.39 is 55.0 Å². The Balaban J connectivity index is 2.50. The van der Waals surface area contributed by atoms with Crippen molar-refractivity contribution in [2.75, 3.05) is 5.73 Å². The van der Waals surface area contributed by atoms with Gasteiger partial charge in [-0.3, -0.25) is 19.0 Å². The summed E-state index contributed by atoms with van der Waals surface area (Å²) in [5, 5.41) is -0.264. The lowest BCUT2D eigenvalue weighted by Crippen LogP contribution is -2.36. The number of aryl methyl sites for hydroxylation is 1. The number of ketones is 2. The lowest BCUT2D eigenvalue weighted by atomic mass is 9.92. The Labute approximate surface area is 130 Å². The van der Waals surface area contributed by atoms with E-state index in [1.165, 1.54) is 18.2 Å². The van der Waals surface area contributed by atoms with Crippen molar-refractivity contribution in [2.45, 2.75) is 32.1 Å². The molecular weight excluding hydrogens is 270 g/mol. The molecule has 1 fully saturated rings. The number of carbonyl (C=O) groups is 2. The predicted octanol–water partition coefficient (Wildman–Crippen LogP) is 1.15. The summed E-state index contributed by atoms with van der Waals surface area (Å²) in [7, 11) is 0. The highest BCUT2D eigenvalue weighted by Gasteiger charge is 2.30. The molecule has 2 atom stereocenters. The Kier molecular flexibility index (Phi) is 1.71. The number of fused-ring (bicyclic) bond motifs is 1. The molecule has 0 aliphatic heterocycles. The Hall–Kier alpha value is -2.50. The second kappa shape index (κ2) is 4.80. The van der Waals surface area contributed by atoms with Crippen LogP contribution in [0.25, 0.3) is 10.9 Å². The third kappa shape index (κ3) is 2.12. The first-order chi connectivity index (χ1) is 12.7. The average Bonchev–Trinajstić information content (AvgIpc) is 2.58. The molecule has 6 nitrogen and oxygen atoms in total. The summed E-state index contributed by atoms with van der Waals surface area (Å²) in [5.74, 6) is -3.44. The maximum absolute atomic E-state index is 13.1. The van der Waals surface area contributed by atoms with Gasteiger partial charge < -0.3 is 5.73 Å². The number of carbonyl (C=O) groups excluding carboxylic acids is 2. The number of rotatable bonds is 1. The molecule has 0 radical (unpaired) electrons. The average molecular weight is 292 g/mol. The Morgan fingerprint density at radius 2 is 2.29 bits per heavy atom. The summed E-state index contributed by atoms with van der Waals surface area (Å²) >= 11 is 0. The number of aromatic nitrogens is 2. The standard InChI is InChI=1S/C15H15N3O3/c1-8-17-11-4-2-3-10(16)14(11)15(21)18(8)12-6-5-9(19)7-13(12)20/h2-4,12H,5-7,16H2,1H3/i1D3,5D2,6D,12D. The zero-order valence-electron chi connectivity index (χ0n) is 17.7. The van der Waals surface area contributed by atoms with Crippen LogP contribution in [-0.4, -0.2) is 21.1 Å². The van der Waals surface area contributed by atoms with Crippen molar-refractivity contribution >= 4 is 28.2 Å². The molecule has 2 unspecified atom stereocenters. The molecule has 1 saturated carbocycles. The van der Waals surface area contributed by atoms with Gasteiger partial charge in [0.15, 0.2) is 5.78 Å².